The molecule has 0 aliphatic heterocycles. The third-order valence-electron chi connectivity index (χ3n) is 0. The van der Waals surface area contributed by atoms with Gasteiger partial charge in [0.15, 0.2) is 0 Å². The van der Waals surface area contributed by atoms with Crippen molar-refractivity contribution in [3.05, 3.63) is 0 Å². The molecule has 0 nitrogen and oxygen atoms in total. The van der Waals surface area contributed by atoms with Crippen molar-refractivity contribution in [2.45, 2.75) is 0 Å². The van der Waals surface area contributed by atoms with Gasteiger partial charge in [-0.2, -0.15) is 0 Å². The molecule has 4 radical (unpaired) electrons. The molecule has 0 unspecified atom stereocenters. The zero-order valence-corrected chi connectivity index (χ0v) is 11.0. The molecule has 0 saturated heterocycles. The van der Waals surface area contributed by atoms with Crippen LogP contribution in [0, 0.1) is 0 Å². The summed E-state index contributed by atoms with van der Waals surface area (Å²) in [5, 5.41) is 0. The molecular weight excluding hydrogens is 458 g/mol. The summed E-state index contributed by atoms with van der Waals surface area (Å²) < 4.78 is 0. The summed E-state index contributed by atoms with van der Waals surface area (Å²) in [6.45, 7) is 0. The van der Waals surface area contributed by atoms with Gasteiger partial charge in [0.2, 0.25) is 0 Å². The molecule has 36 valence electrons. The first-order valence-corrected chi connectivity index (χ1v) is 0. The molecular formula is H3Ag2ClPb. The van der Waals surface area contributed by atoms with E-state index >= 15 is 0 Å². The number of hydrogen-bond acceptors (Lipinski definition) is 0. The standard InChI is InChI=1S/2Ag.ClH.Pb.2H/h;;1H;;;. The topological polar surface area (TPSA) is 0 Å². The van der Waals surface area contributed by atoms with Gasteiger partial charge < -0.3 is 0 Å². The van der Waals surface area contributed by atoms with E-state index < -0.39 is 0 Å². The van der Waals surface area contributed by atoms with Crippen LogP contribution in [0.4, 0.5) is 0 Å². The van der Waals surface area contributed by atoms with E-state index in [0.29, 0.717) is 0 Å². The maximum absolute atomic E-state index is 0. The average molecular weight is 461 g/mol. The fourth-order valence-electron chi connectivity index (χ4n) is 0. The summed E-state index contributed by atoms with van der Waals surface area (Å²) in [4.78, 5) is 0. The Morgan fingerprint density at radius 1 is 0.750 bits per heavy atom. The zero-order valence-electron chi connectivity index (χ0n) is 1.72. The molecule has 0 spiro atoms. The van der Waals surface area contributed by atoms with Gasteiger partial charge in [-0.15, -0.1) is 12.4 Å². The molecule has 0 saturated carbocycles. The van der Waals surface area contributed by atoms with Crippen molar-refractivity contribution in [2.24, 2.45) is 0 Å². The molecule has 0 bridgehead atoms. The van der Waals surface area contributed by atoms with E-state index in [-0.39, 0.29) is 84.5 Å². The van der Waals surface area contributed by atoms with Crippen LogP contribution in [-0.4, -0.2) is 27.3 Å². The molecule has 0 fully saturated rings. The number of hydrogen-bond donors (Lipinski definition) is 0. The second-order valence-corrected chi connectivity index (χ2v) is 0. The Labute approximate surface area is 83.1 Å². The monoisotopic (exact) mass is 460 g/mol. The summed E-state index contributed by atoms with van der Waals surface area (Å²) in [5.41, 5.74) is 0. The van der Waals surface area contributed by atoms with Crippen molar-refractivity contribution < 1.29 is 44.8 Å². The van der Waals surface area contributed by atoms with E-state index in [1.165, 1.54) is 0 Å². The van der Waals surface area contributed by atoms with Crippen molar-refractivity contribution in [3.63, 3.8) is 0 Å². The second kappa shape index (κ2) is 17.3. The third-order valence-corrected chi connectivity index (χ3v) is 0. The van der Waals surface area contributed by atoms with E-state index in [1.807, 2.05) is 0 Å². The molecule has 0 atom stereocenters. The van der Waals surface area contributed by atoms with Crippen molar-refractivity contribution >= 4 is 39.7 Å². The van der Waals surface area contributed by atoms with Crippen molar-refractivity contribution in [2.75, 3.05) is 0 Å². The Hall–Kier alpha value is 2.69. The second-order valence-electron chi connectivity index (χ2n) is 0. The Morgan fingerprint density at radius 2 is 0.750 bits per heavy atom. The van der Waals surface area contributed by atoms with Crippen LogP contribution in [0.5, 0.6) is 0 Å². The average Bonchev–Trinajstić information content (AvgIpc) is 0. The van der Waals surface area contributed by atoms with Crippen LogP contribution in [0.3, 0.4) is 0 Å². The van der Waals surface area contributed by atoms with Crippen molar-refractivity contribution in [3.8, 4) is 0 Å². The quantitative estimate of drug-likeness (QED) is 0.427. The molecule has 0 aromatic rings. The van der Waals surface area contributed by atoms with E-state index in [9.17, 15) is 0 Å². The Morgan fingerprint density at radius 3 is 0.750 bits per heavy atom. The van der Waals surface area contributed by atoms with Crippen LogP contribution < -0.4 is 0 Å². The van der Waals surface area contributed by atoms with Crippen LogP contribution in [0.25, 0.3) is 0 Å². The third kappa shape index (κ3) is 8.83. The Balaban J connectivity index is 0. The van der Waals surface area contributed by atoms with Gasteiger partial charge in [0.1, 0.15) is 0 Å². The first-order valence-electron chi connectivity index (χ1n) is 0. The molecule has 0 rings (SSSR count). The van der Waals surface area contributed by atoms with E-state index in [0.717, 1.165) is 0 Å². The Kier molecular flexibility index (Phi) is 129. The SMILES string of the molecule is Cl.[Ag].[Ag].[PbH2]. The van der Waals surface area contributed by atoms with Crippen LogP contribution >= 0.6 is 12.4 Å². The predicted octanol–water partition coefficient (Wildman–Crippen LogP) is -0.499. The predicted molar refractivity (Wildman–Crippen MR) is 15.8 cm³/mol. The van der Waals surface area contributed by atoms with Gasteiger partial charge >= 0.3 is 27.3 Å². The van der Waals surface area contributed by atoms with Gasteiger partial charge in [-0.3, -0.25) is 0 Å². The summed E-state index contributed by atoms with van der Waals surface area (Å²) in [6.07, 6.45) is 0. The molecule has 0 aliphatic rings. The van der Waals surface area contributed by atoms with Crippen molar-refractivity contribution in [1.29, 1.82) is 0 Å². The van der Waals surface area contributed by atoms with Gasteiger partial charge in [-0.1, -0.05) is 0 Å². The van der Waals surface area contributed by atoms with Gasteiger partial charge in [-0.05, 0) is 0 Å². The summed E-state index contributed by atoms with van der Waals surface area (Å²) in [6, 6.07) is 0. The number of rotatable bonds is 0. The van der Waals surface area contributed by atoms with Gasteiger partial charge in [0, 0.05) is 44.8 Å². The minimum atomic E-state index is 0. The van der Waals surface area contributed by atoms with Crippen LogP contribution in [-0.2, 0) is 44.8 Å². The van der Waals surface area contributed by atoms with Crippen LogP contribution in [0.15, 0.2) is 0 Å². The molecule has 0 N–H and O–H groups in total. The normalized spacial score (nSPS) is 0. The van der Waals surface area contributed by atoms with Crippen LogP contribution in [0.2, 0.25) is 0 Å². The van der Waals surface area contributed by atoms with Gasteiger partial charge in [-0.25, -0.2) is 0 Å². The molecule has 0 aromatic carbocycles. The summed E-state index contributed by atoms with van der Waals surface area (Å²) in [5.74, 6) is 0. The zero-order chi connectivity index (χ0) is 0. The first-order chi connectivity index (χ1) is 0. The molecule has 4 heavy (non-hydrogen) atoms. The number of halogens is 1. The summed E-state index contributed by atoms with van der Waals surface area (Å²) >= 11 is 0. The Bertz CT molecular complexity index is 6.00. The van der Waals surface area contributed by atoms with Gasteiger partial charge in [0.25, 0.3) is 0 Å². The molecule has 0 heterocycles. The maximum atomic E-state index is 0. The minimum absolute atomic E-state index is 0. The van der Waals surface area contributed by atoms with E-state index in [1.54, 1.807) is 0 Å². The van der Waals surface area contributed by atoms with E-state index in [4.69, 9.17) is 0 Å². The fourth-order valence-corrected chi connectivity index (χ4v) is 0. The fraction of sp³-hybridized carbons (Fsp3) is 0. The van der Waals surface area contributed by atoms with E-state index in [2.05, 4.69) is 0 Å². The van der Waals surface area contributed by atoms with Crippen molar-refractivity contribution in [1.82, 2.24) is 0 Å². The molecule has 0 aliphatic carbocycles. The van der Waals surface area contributed by atoms with Gasteiger partial charge in [0.05, 0.1) is 0 Å². The molecule has 0 aromatic heterocycles. The molecule has 4 heteroatoms. The summed E-state index contributed by atoms with van der Waals surface area (Å²) in [7, 11) is 0. The molecule has 0 amide bonds. The van der Waals surface area contributed by atoms with Crippen LogP contribution in [0.1, 0.15) is 0 Å². The first kappa shape index (κ1) is 29.9.